The van der Waals surface area contributed by atoms with E-state index >= 15 is 0 Å². The van der Waals surface area contributed by atoms with Crippen molar-refractivity contribution in [3.63, 3.8) is 0 Å². The molecule has 132 valence electrons. The Bertz CT molecular complexity index is 872. The number of hydrogen-bond acceptors (Lipinski definition) is 7. The number of nitrogens with one attached hydrogen (secondary N) is 2. The van der Waals surface area contributed by atoms with Gasteiger partial charge >= 0.3 is 0 Å². The Morgan fingerprint density at radius 3 is 2.81 bits per heavy atom. The minimum atomic E-state index is -0.652. The van der Waals surface area contributed by atoms with E-state index in [0.29, 0.717) is 12.4 Å². The molecule has 4 rings (SSSR count). The average molecular weight is 348 g/mol. The lowest BCUT2D eigenvalue weighted by Gasteiger charge is -2.21. The summed E-state index contributed by atoms with van der Waals surface area (Å²) >= 11 is 0. The van der Waals surface area contributed by atoms with Crippen molar-refractivity contribution in [1.82, 2.24) is 25.3 Å². The summed E-state index contributed by atoms with van der Waals surface area (Å²) in [5, 5.41) is 17.1. The van der Waals surface area contributed by atoms with Crippen LogP contribution in [0, 0.1) is 0 Å². The first-order chi connectivity index (χ1) is 12.8. The first kappa shape index (κ1) is 16.6. The summed E-state index contributed by atoms with van der Waals surface area (Å²) < 4.78 is 0. The summed E-state index contributed by atoms with van der Waals surface area (Å²) in [4.78, 5) is 17.5. The fourth-order valence-corrected chi connectivity index (χ4v) is 3.02. The van der Waals surface area contributed by atoms with Crippen molar-refractivity contribution in [2.24, 2.45) is 0 Å². The molecule has 1 aliphatic rings. The molecule has 0 amide bonds. The van der Waals surface area contributed by atoms with Crippen molar-refractivity contribution in [1.29, 1.82) is 0 Å². The van der Waals surface area contributed by atoms with E-state index < -0.39 is 6.10 Å². The SMILES string of the molecule is O[C@H](CNc1nc(-c2ccncc2)nc2c1CCNC2)c1cccnc1. The van der Waals surface area contributed by atoms with E-state index in [1.165, 1.54) is 0 Å². The van der Waals surface area contributed by atoms with Gasteiger partial charge < -0.3 is 15.7 Å². The summed E-state index contributed by atoms with van der Waals surface area (Å²) in [5.74, 6) is 1.44. The van der Waals surface area contributed by atoms with Crippen LogP contribution in [0.4, 0.5) is 5.82 Å². The van der Waals surface area contributed by atoms with Gasteiger partial charge in [-0.2, -0.15) is 0 Å². The summed E-state index contributed by atoms with van der Waals surface area (Å²) in [6.07, 6.45) is 7.04. The number of rotatable bonds is 5. The molecule has 0 aliphatic carbocycles. The number of anilines is 1. The molecule has 1 aliphatic heterocycles. The van der Waals surface area contributed by atoms with Crippen LogP contribution in [-0.4, -0.2) is 38.1 Å². The Kier molecular flexibility index (Phi) is 4.81. The smallest absolute Gasteiger partial charge is 0.161 e. The molecule has 3 aromatic rings. The van der Waals surface area contributed by atoms with E-state index in [0.717, 1.165) is 47.7 Å². The van der Waals surface area contributed by atoms with Crippen molar-refractivity contribution in [3.8, 4) is 11.4 Å². The van der Waals surface area contributed by atoms with Crippen LogP contribution in [0.2, 0.25) is 0 Å². The second-order valence-electron chi connectivity index (χ2n) is 6.17. The highest BCUT2D eigenvalue weighted by Gasteiger charge is 2.19. The summed E-state index contributed by atoms with van der Waals surface area (Å²) in [7, 11) is 0. The molecule has 0 saturated heterocycles. The number of aliphatic hydroxyl groups is 1. The van der Waals surface area contributed by atoms with Crippen molar-refractivity contribution in [2.75, 3.05) is 18.4 Å². The molecule has 0 spiro atoms. The molecule has 0 saturated carbocycles. The lowest BCUT2D eigenvalue weighted by molar-refractivity contribution is 0.191. The zero-order chi connectivity index (χ0) is 17.8. The Morgan fingerprint density at radius 1 is 1.12 bits per heavy atom. The topological polar surface area (TPSA) is 95.9 Å². The second kappa shape index (κ2) is 7.55. The maximum Gasteiger partial charge on any atom is 0.161 e. The van der Waals surface area contributed by atoms with E-state index in [4.69, 9.17) is 9.97 Å². The molecule has 0 bridgehead atoms. The number of pyridine rings is 2. The molecule has 0 radical (unpaired) electrons. The minimum absolute atomic E-state index is 0.359. The molecule has 3 N–H and O–H groups in total. The third kappa shape index (κ3) is 3.54. The van der Waals surface area contributed by atoms with Gasteiger partial charge in [0.05, 0.1) is 11.8 Å². The van der Waals surface area contributed by atoms with E-state index in [-0.39, 0.29) is 0 Å². The van der Waals surface area contributed by atoms with Crippen LogP contribution < -0.4 is 10.6 Å². The van der Waals surface area contributed by atoms with Crippen LogP contribution in [0.1, 0.15) is 22.9 Å². The number of aromatic nitrogens is 4. The van der Waals surface area contributed by atoms with Gasteiger partial charge in [-0.05, 0) is 31.2 Å². The highest BCUT2D eigenvalue weighted by molar-refractivity contribution is 5.59. The van der Waals surface area contributed by atoms with Crippen LogP contribution in [0.25, 0.3) is 11.4 Å². The van der Waals surface area contributed by atoms with E-state index in [9.17, 15) is 5.11 Å². The maximum atomic E-state index is 10.4. The molecule has 0 unspecified atom stereocenters. The van der Waals surface area contributed by atoms with Crippen LogP contribution in [-0.2, 0) is 13.0 Å². The number of hydrogen-bond donors (Lipinski definition) is 3. The number of fused-ring (bicyclic) bond motifs is 1. The van der Waals surface area contributed by atoms with Gasteiger partial charge in [-0.3, -0.25) is 9.97 Å². The largest absolute Gasteiger partial charge is 0.387 e. The van der Waals surface area contributed by atoms with E-state index in [1.807, 2.05) is 24.3 Å². The highest BCUT2D eigenvalue weighted by Crippen LogP contribution is 2.25. The second-order valence-corrected chi connectivity index (χ2v) is 6.17. The minimum Gasteiger partial charge on any atom is -0.387 e. The molecular weight excluding hydrogens is 328 g/mol. The fourth-order valence-electron chi connectivity index (χ4n) is 3.02. The molecule has 7 nitrogen and oxygen atoms in total. The van der Waals surface area contributed by atoms with Gasteiger partial charge in [0.25, 0.3) is 0 Å². The van der Waals surface area contributed by atoms with E-state index in [2.05, 4.69) is 20.6 Å². The van der Waals surface area contributed by atoms with Gasteiger partial charge in [0, 0.05) is 54.6 Å². The Morgan fingerprint density at radius 2 is 2.00 bits per heavy atom. The number of nitrogens with zero attached hydrogens (tertiary/aromatic N) is 4. The molecule has 0 aromatic carbocycles. The highest BCUT2D eigenvalue weighted by atomic mass is 16.3. The summed E-state index contributed by atoms with van der Waals surface area (Å²) in [6.45, 7) is 1.97. The monoisotopic (exact) mass is 348 g/mol. The zero-order valence-corrected chi connectivity index (χ0v) is 14.3. The maximum absolute atomic E-state index is 10.4. The van der Waals surface area contributed by atoms with E-state index in [1.54, 1.807) is 24.8 Å². The van der Waals surface area contributed by atoms with Crippen LogP contribution in [0.5, 0.6) is 0 Å². The van der Waals surface area contributed by atoms with Crippen molar-refractivity contribution >= 4 is 5.82 Å². The average Bonchev–Trinajstić information content (AvgIpc) is 2.73. The summed E-state index contributed by atoms with van der Waals surface area (Å²) in [5.41, 5.74) is 3.81. The normalized spacial score (nSPS) is 14.5. The summed E-state index contributed by atoms with van der Waals surface area (Å²) in [6, 6.07) is 7.47. The Balaban J connectivity index is 1.62. The van der Waals surface area contributed by atoms with Crippen LogP contribution >= 0.6 is 0 Å². The van der Waals surface area contributed by atoms with Crippen molar-refractivity contribution in [2.45, 2.75) is 19.1 Å². The zero-order valence-electron chi connectivity index (χ0n) is 14.3. The van der Waals surface area contributed by atoms with Gasteiger partial charge in [0.2, 0.25) is 0 Å². The van der Waals surface area contributed by atoms with Gasteiger partial charge in [0.1, 0.15) is 5.82 Å². The Hall–Kier alpha value is -2.90. The van der Waals surface area contributed by atoms with Gasteiger partial charge in [-0.1, -0.05) is 6.07 Å². The molecule has 7 heteroatoms. The molecule has 1 atom stereocenters. The number of aliphatic hydroxyl groups excluding tert-OH is 1. The lowest BCUT2D eigenvalue weighted by Crippen LogP contribution is -2.27. The molecule has 26 heavy (non-hydrogen) atoms. The van der Waals surface area contributed by atoms with Gasteiger partial charge in [-0.25, -0.2) is 9.97 Å². The van der Waals surface area contributed by atoms with Gasteiger partial charge in [-0.15, -0.1) is 0 Å². The molecular formula is C19H20N6O. The standard InChI is InChI=1S/C19H20N6O/c26-17(14-2-1-6-21-10-14)12-23-19-15-5-9-22-11-16(15)24-18(25-19)13-3-7-20-8-4-13/h1-4,6-8,10,17,22,26H,5,9,11-12H2,(H,23,24,25)/t17-/m1/s1. The quantitative estimate of drug-likeness (QED) is 0.646. The fraction of sp³-hybridized carbons (Fsp3) is 0.263. The third-order valence-electron chi connectivity index (χ3n) is 4.41. The third-order valence-corrected chi connectivity index (χ3v) is 4.41. The predicted octanol–water partition coefficient (Wildman–Crippen LogP) is 1.72. The molecule has 4 heterocycles. The lowest BCUT2D eigenvalue weighted by atomic mass is 10.1. The molecule has 0 fully saturated rings. The first-order valence-electron chi connectivity index (χ1n) is 8.64. The molecule has 3 aromatic heterocycles. The van der Waals surface area contributed by atoms with Crippen molar-refractivity contribution in [3.05, 3.63) is 65.9 Å². The predicted molar refractivity (Wildman–Crippen MR) is 98.4 cm³/mol. The van der Waals surface area contributed by atoms with Gasteiger partial charge in [0.15, 0.2) is 5.82 Å². The Labute approximate surface area is 151 Å². The first-order valence-corrected chi connectivity index (χ1v) is 8.64. The van der Waals surface area contributed by atoms with Crippen LogP contribution in [0.15, 0.2) is 49.1 Å². The van der Waals surface area contributed by atoms with Crippen LogP contribution in [0.3, 0.4) is 0 Å². The van der Waals surface area contributed by atoms with Crippen molar-refractivity contribution < 1.29 is 5.11 Å².